The fourth-order valence-corrected chi connectivity index (χ4v) is 2.49. The Morgan fingerprint density at radius 3 is 2.55 bits per heavy atom. The third-order valence-electron chi connectivity index (χ3n) is 3.42. The molecular formula is C17H18ClFO. The Balaban J connectivity index is 2.06. The molecule has 2 aromatic rings. The number of aliphatic hydroxyl groups excluding tert-OH is 1. The Morgan fingerprint density at radius 2 is 1.85 bits per heavy atom. The van der Waals surface area contributed by atoms with E-state index in [2.05, 4.69) is 18.2 Å². The van der Waals surface area contributed by atoms with E-state index in [1.165, 1.54) is 17.2 Å². The molecule has 1 N–H and O–H groups in total. The van der Waals surface area contributed by atoms with Gasteiger partial charge in [-0.05, 0) is 55.5 Å². The maximum Gasteiger partial charge on any atom is 0.141 e. The minimum atomic E-state index is -0.503. The highest BCUT2D eigenvalue weighted by Crippen LogP contribution is 2.19. The maximum absolute atomic E-state index is 13.1. The molecule has 0 saturated carbocycles. The number of aliphatic hydroxyl groups is 1. The van der Waals surface area contributed by atoms with E-state index in [0.29, 0.717) is 12.8 Å². The van der Waals surface area contributed by atoms with E-state index >= 15 is 0 Å². The zero-order valence-electron chi connectivity index (χ0n) is 11.7. The van der Waals surface area contributed by atoms with Crippen LogP contribution in [0.1, 0.15) is 22.3 Å². The summed E-state index contributed by atoms with van der Waals surface area (Å²) in [6.45, 7) is 4.07. The number of hydrogen-bond donors (Lipinski definition) is 1. The van der Waals surface area contributed by atoms with Gasteiger partial charge in [-0.1, -0.05) is 41.4 Å². The van der Waals surface area contributed by atoms with Crippen molar-refractivity contribution in [3.63, 3.8) is 0 Å². The summed E-state index contributed by atoms with van der Waals surface area (Å²) < 4.78 is 13.1. The molecule has 3 heteroatoms. The van der Waals surface area contributed by atoms with E-state index in [0.717, 1.165) is 11.1 Å². The standard InChI is InChI=1S/C17H18ClFO/c1-11-3-4-12(2)14(7-11)10-15(20)8-13-5-6-17(19)16(18)9-13/h3-7,9,15,20H,8,10H2,1-2H3. The molecule has 0 heterocycles. The Kier molecular flexibility index (Phi) is 4.79. The summed E-state index contributed by atoms with van der Waals surface area (Å²) in [5, 5.41) is 10.3. The molecule has 20 heavy (non-hydrogen) atoms. The second kappa shape index (κ2) is 6.38. The van der Waals surface area contributed by atoms with Gasteiger partial charge in [0.25, 0.3) is 0 Å². The molecule has 1 unspecified atom stereocenters. The lowest BCUT2D eigenvalue weighted by Gasteiger charge is -2.13. The van der Waals surface area contributed by atoms with Crippen molar-refractivity contribution < 1.29 is 9.50 Å². The monoisotopic (exact) mass is 292 g/mol. The fourth-order valence-electron chi connectivity index (χ4n) is 2.28. The highest BCUT2D eigenvalue weighted by atomic mass is 35.5. The molecular weight excluding hydrogens is 275 g/mol. The van der Waals surface area contributed by atoms with Gasteiger partial charge < -0.3 is 5.11 Å². The second-order valence-corrected chi connectivity index (χ2v) is 5.65. The first-order chi connectivity index (χ1) is 9.45. The molecule has 0 aliphatic heterocycles. The van der Waals surface area contributed by atoms with Crippen LogP contribution in [0.4, 0.5) is 4.39 Å². The van der Waals surface area contributed by atoms with Crippen molar-refractivity contribution in [1.82, 2.24) is 0 Å². The molecule has 2 rings (SSSR count). The number of hydrogen-bond acceptors (Lipinski definition) is 1. The van der Waals surface area contributed by atoms with Crippen LogP contribution in [0.3, 0.4) is 0 Å². The van der Waals surface area contributed by atoms with Gasteiger partial charge in [-0.15, -0.1) is 0 Å². The van der Waals surface area contributed by atoms with Gasteiger partial charge in [0.2, 0.25) is 0 Å². The summed E-state index contributed by atoms with van der Waals surface area (Å²) in [7, 11) is 0. The molecule has 0 spiro atoms. The average Bonchev–Trinajstić information content (AvgIpc) is 2.38. The minimum Gasteiger partial charge on any atom is -0.392 e. The molecule has 0 saturated heterocycles. The zero-order chi connectivity index (χ0) is 14.7. The van der Waals surface area contributed by atoms with Crippen molar-refractivity contribution in [3.05, 3.63) is 69.5 Å². The van der Waals surface area contributed by atoms with Gasteiger partial charge in [0.15, 0.2) is 0 Å². The predicted molar refractivity (Wildman–Crippen MR) is 80.7 cm³/mol. The lowest BCUT2D eigenvalue weighted by atomic mass is 9.97. The molecule has 0 aliphatic rings. The van der Waals surface area contributed by atoms with Gasteiger partial charge in [0.1, 0.15) is 5.82 Å². The maximum atomic E-state index is 13.1. The highest BCUT2D eigenvalue weighted by Gasteiger charge is 2.10. The third-order valence-corrected chi connectivity index (χ3v) is 3.71. The normalized spacial score (nSPS) is 12.4. The van der Waals surface area contributed by atoms with Gasteiger partial charge in [-0.3, -0.25) is 0 Å². The van der Waals surface area contributed by atoms with Crippen LogP contribution in [-0.4, -0.2) is 11.2 Å². The summed E-state index contributed by atoms with van der Waals surface area (Å²) in [6, 6.07) is 10.8. The topological polar surface area (TPSA) is 20.2 Å². The van der Waals surface area contributed by atoms with Crippen molar-refractivity contribution in [2.24, 2.45) is 0 Å². The Labute approximate surface area is 124 Å². The van der Waals surface area contributed by atoms with Crippen LogP contribution < -0.4 is 0 Å². The molecule has 2 aromatic carbocycles. The number of benzene rings is 2. The van der Waals surface area contributed by atoms with Crippen LogP contribution in [0.15, 0.2) is 36.4 Å². The number of rotatable bonds is 4. The van der Waals surface area contributed by atoms with Gasteiger partial charge in [-0.2, -0.15) is 0 Å². The lowest BCUT2D eigenvalue weighted by molar-refractivity contribution is 0.175. The van der Waals surface area contributed by atoms with Gasteiger partial charge in [0.05, 0.1) is 11.1 Å². The summed E-state index contributed by atoms with van der Waals surface area (Å²) in [6.07, 6.45) is 0.549. The van der Waals surface area contributed by atoms with Crippen molar-refractivity contribution in [2.75, 3.05) is 0 Å². The van der Waals surface area contributed by atoms with Crippen LogP contribution in [0.2, 0.25) is 5.02 Å². The Bertz CT molecular complexity index is 610. The summed E-state index contributed by atoms with van der Waals surface area (Å²) in [5.74, 6) is -0.431. The van der Waals surface area contributed by atoms with Crippen molar-refractivity contribution in [2.45, 2.75) is 32.8 Å². The Morgan fingerprint density at radius 1 is 1.10 bits per heavy atom. The van der Waals surface area contributed by atoms with Crippen LogP contribution in [-0.2, 0) is 12.8 Å². The van der Waals surface area contributed by atoms with Gasteiger partial charge >= 0.3 is 0 Å². The molecule has 1 atom stereocenters. The predicted octanol–water partition coefficient (Wildman–Crippen LogP) is 4.24. The van der Waals surface area contributed by atoms with Gasteiger partial charge in [-0.25, -0.2) is 4.39 Å². The fraction of sp³-hybridized carbons (Fsp3) is 0.294. The van der Waals surface area contributed by atoms with Crippen LogP contribution in [0, 0.1) is 19.7 Å². The first kappa shape index (κ1) is 15.0. The van der Waals surface area contributed by atoms with E-state index in [1.54, 1.807) is 12.1 Å². The summed E-state index contributed by atoms with van der Waals surface area (Å²) in [4.78, 5) is 0. The third kappa shape index (κ3) is 3.81. The van der Waals surface area contributed by atoms with E-state index < -0.39 is 11.9 Å². The second-order valence-electron chi connectivity index (χ2n) is 5.24. The van der Waals surface area contributed by atoms with Gasteiger partial charge in [0, 0.05) is 0 Å². The van der Waals surface area contributed by atoms with E-state index in [-0.39, 0.29) is 5.02 Å². The lowest BCUT2D eigenvalue weighted by Crippen LogP contribution is -2.14. The SMILES string of the molecule is Cc1ccc(C)c(CC(O)Cc2ccc(F)c(Cl)c2)c1. The van der Waals surface area contributed by atoms with Crippen molar-refractivity contribution >= 4 is 11.6 Å². The average molecular weight is 293 g/mol. The minimum absolute atomic E-state index is 0.0986. The molecule has 0 aromatic heterocycles. The number of halogens is 2. The van der Waals surface area contributed by atoms with Crippen LogP contribution in [0.5, 0.6) is 0 Å². The molecule has 1 nitrogen and oxygen atoms in total. The van der Waals surface area contributed by atoms with Crippen LogP contribution >= 0.6 is 11.6 Å². The molecule has 0 aliphatic carbocycles. The van der Waals surface area contributed by atoms with E-state index in [9.17, 15) is 9.50 Å². The molecule has 0 amide bonds. The van der Waals surface area contributed by atoms with Crippen LogP contribution in [0.25, 0.3) is 0 Å². The summed E-state index contributed by atoms with van der Waals surface area (Å²) in [5.41, 5.74) is 4.34. The molecule has 0 bridgehead atoms. The largest absolute Gasteiger partial charge is 0.392 e. The number of aryl methyl sites for hydroxylation is 2. The first-order valence-electron chi connectivity index (χ1n) is 6.64. The quantitative estimate of drug-likeness (QED) is 0.893. The zero-order valence-corrected chi connectivity index (χ0v) is 12.4. The molecule has 0 radical (unpaired) electrons. The van der Waals surface area contributed by atoms with E-state index in [4.69, 9.17) is 11.6 Å². The molecule has 0 fully saturated rings. The highest BCUT2D eigenvalue weighted by molar-refractivity contribution is 6.30. The Hall–Kier alpha value is -1.38. The summed E-state index contributed by atoms with van der Waals surface area (Å²) >= 11 is 5.75. The first-order valence-corrected chi connectivity index (χ1v) is 7.01. The van der Waals surface area contributed by atoms with E-state index in [1.807, 2.05) is 13.8 Å². The van der Waals surface area contributed by atoms with Crippen molar-refractivity contribution in [3.8, 4) is 0 Å². The molecule has 106 valence electrons. The van der Waals surface area contributed by atoms with Crippen molar-refractivity contribution in [1.29, 1.82) is 0 Å². The smallest absolute Gasteiger partial charge is 0.141 e.